The molecule has 1 N–H and O–H groups in total. The van der Waals surface area contributed by atoms with E-state index in [-0.39, 0.29) is 0 Å². The molecule has 2 aromatic carbocycles. The van der Waals surface area contributed by atoms with Gasteiger partial charge in [-0.15, -0.1) is 11.3 Å². The summed E-state index contributed by atoms with van der Waals surface area (Å²) in [5.74, 6) is 0.688. The molecule has 0 bridgehead atoms. The number of fused-ring (bicyclic) bond motifs is 1. The van der Waals surface area contributed by atoms with Crippen molar-refractivity contribution in [3.8, 4) is 5.75 Å². The third-order valence-corrected chi connectivity index (χ3v) is 6.84. The number of rotatable bonds is 4. The number of ether oxygens (including phenoxy) is 1. The van der Waals surface area contributed by atoms with E-state index in [1.165, 1.54) is 0 Å². The Morgan fingerprint density at radius 3 is 2.48 bits per heavy atom. The third-order valence-electron chi connectivity index (χ3n) is 4.21. The molecular formula is C18H20N2O3S2. The van der Waals surface area contributed by atoms with Gasteiger partial charge in [0.25, 0.3) is 10.0 Å². The first-order valence-corrected chi connectivity index (χ1v) is 10.1. The molecule has 0 saturated heterocycles. The molecule has 7 heteroatoms. The molecule has 132 valence electrons. The summed E-state index contributed by atoms with van der Waals surface area (Å²) in [6.07, 6.45) is 0. The first-order chi connectivity index (χ1) is 11.7. The number of aromatic nitrogens is 1. The highest BCUT2D eigenvalue weighted by atomic mass is 32.2. The van der Waals surface area contributed by atoms with Gasteiger partial charge in [-0.3, -0.25) is 4.72 Å². The second kappa shape index (κ2) is 6.31. The van der Waals surface area contributed by atoms with Crippen molar-refractivity contribution in [3.63, 3.8) is 0 Å². The summed E-state index contributed by atoms with van der Waals surface area (Å²) in [5.41, 5.74) is 3.46. The molecular weight excluding hydrogens is 356 g/mol. The molecule has 0 unspecified atom stereocenters. The van der Waals surface area contributed by atoms with Crippen LogP contribution in [0.3, 0.4) is 0 Å². The highest BCUT2D eigenvalue weighted by Crippen LogP contribution is 2.32. The molecule has 3 rings (SSSR count). The quantitative estimate of drug-likeness (QED) is 0.735. The number of benzene rings is 2. The van der Waals surface area contributed by atoms with Crippen LogP contribution in [0.25, 0.3) is 10.2 Å². The summed E-state index contributed by atoms with van der Waals surface area (Å²) >= 11 is 1.58. The van der Waals surface area contributed by atoms with Crippen LogP contribution in [0, 0.1) is 27.7 Å². The fourth-order valence-electron chi connectivity index (χ4n) is 2.96. The Bertz CT molecular complexity index is 1070. The predicted molar refractivity (Wildman–Crippen MR) is 102 cm³/mol. The van der Waals surface area contributed by atoms with E-state index in [9.17, 15) is 8.42 Å². The number of hydrogen-bond donors (Lipinski definition) is 1. The van der Waals surface area contributed by atoms with Crippen molar-refractivity contribution in [1.82, 2.24) is 4.98 Å². The summed E-state index contributed by atoms with van der Waals surface area (Å²) < 4.78 is 35.0. The number of thiazole rings is 1. The molecule has 1 heterocycles. The van der Waals surface area contributed by atoms with Crippen LogP contribution in [-0.4, -0.2) is 20.5 Å². The lowest BCUT2D eigenvalue weighted by atomic mass is 10.1. The lowest BCUT2D eigenvalue weighted by Crippen LogP contribution is -2.16. The van der Waals surface area contributed by atoms with Crippen LogP contribution in [0.1, 0.15) is 21.7 Å². The minimum atomic E-state index is -3.71. The van der Waals surface area contributed by atoms with Crippen LogP contribution in [-0.2, 0) is 10.0 Å². The SMILES string of the molecule is COc1cc(C)c(S(=O)(=O)Nc2ccc3sc(C)nc3c2)c(C)c1C. The van der Waals surface area contributed by atoms with Gasteiger partial charge in [0.2, 0.25) is 0 Å². The first kappa shape index (κ1) is 17.7. The van der Waals surface area contributed by atoms with Crippen molar-refractivity contribution in [3.05, 3.63) is 46.0 Å². The van der Waals surface area contributed by atoms with Gasteiger partial charge in [0.1, 0.15) is 5.75 Å². The molecule has 25 heavy (non-hydrogen) atoms. The van der Waals surface area contributed by atoms with Gasteiger partial charge in [-0.05, 0) is 68.7 Å². The molecule has 0 aliphatic rings. The second-order valence-corrected chi connectivity index (χ2v) is 8.85. The summed E-state index contributed by atoms with van der Waals surface area (Å²) in [5, 5.41) is 0.951. The van der Waals surface area contributed by atoms with Gasteiger partial charge >= 0.3 is 0 Å². The van der Waals surface area contributed by atoms with Crippen molar-refractivity contribution in [2.24, 2.45) is 0 Å². The molecule has 0 aliphatic carbocycles. The average molecular weight is 377 g/mol. The van der Waals surface area contributed by atoms with E-state index in [0.717, 1.165) is 20.8 Å². The second-order valence-electron chi connectivity index (χ2n) is 6.00. The lowest BCUT2D eigenvalue weighted by Gasteiger charge is -2.17. The fourth-order valence-corrected chi connectivity index (χ4v) is 5.34. The number of nitrogens with one attached hydrogen (secondary N) is 1. The van der Waals surface area contributed by atoms with E-state index in [2.05, 4.69) is 9.71 Å². The maximum atomic E-state index is 13.0. The molecule has 0 saturated carbocycles. The van der Waals surface area contributed by atoms with E-state index < -0.39 is 10.0 Å². The lowest BCUT2D eigenvalue weighted by molar-refractivity contribution is 0.410. The van der Waals surface area contributed by atoms with Gasteiger partial charge in [0, 0.05) is 0 Å². The van der Waals surface area contributed by atoms with E-state index in [1.807, 2.05) is 19.9 Å². The van der Waals surface area contributed by atoms with Crippen molar-refractivity contribution in [2.45, 2.75) is 32.6 Å². The Morgan fingerprint density at radius 1 is 1.08 bits per heavy atom. The Morgan fingerprint density at radius 2 is 1.80 bits per heavy atom. The van der Waals surface area contributed by atoms with Crippen molar-refractivity contribution in [2.75, 3.05) is 11.8 Å². The molecule has 5 nitrogen and oxygen atoms in total. The number of methoxy groups -OCH3 is 1. The maximum absolute atomic E-state index is 13.0. The molecule has 0 amide bonds. The highest BCUT2D eigenvalue weighted by molar-refractivity contribution is 7.92. The van der Waals surface area contributed by atoms with Gasteiger partial charge < -0.3 is 4.74 Å². The fraction of sp³-hybridized carbons (Fsp3) is 0.278. The van der Waals surface area contributed by atoms with Crippen molar-refractivity contribution in [1.29, 1.82) is 0 Å². The summed E-state index contributed by atoms with van der Waals surface area (Å²) in [7, 11) is -2.13. The summed E-state index contributed by atoms with van der Waals surface area (Å²) in [6, 6.07) is 7.16. The number of anilines is 1. The molecule has 0 atom stereocenters. The van der Waals surface area contributed by atoms with E-state index in [4.69, 9.17) is 4.74 Å². The number of hydrogen-bond acceptors (Lipinski definition) is 5. The molecule has 0 radical (unpaired) electrons. The molecule has 0 spiro atoms. The third kappa shape index (κ3) is 3.21. The predicted octanol–water partition coefficient (Wildman–Crippen LogP) is 4.34. The molecule has 0 fully saturated rings. The normalized spacial score (nSPS) is 11.7. The Labute approximate surface area is 151 Å². The molecule has 3 aromatic rings. The Balaban J connectivity index is 2.05. The van der Waals surface area contributed by atoms with Crippen LogP contribution in [0.5, 0.6) is 5.75 Å². The zero-order valence-corrected chi connectivity index (χ0v) is 16.4. The number of aryl methyl sites for hydroxylation is 2. The maximum Gasteiger partial charge on any atom is 0.262 e. The minimum Gasteiger partial charge on any atom is -0.496 e. The average Bonchev–Trinajstić information content (AvgIpc) is 2.89. The minimum absolute atomic E-state index is 0.292. The van der Waals surface area contributed by atoms with Crippen molar-refractivity contribution < 1.29 is 13.2 Å². The van der Waals surface area contributed by atoms with Crippen LogP contribution >= 0.6 is 11.3 Å². The topological polar surface area (TPSA) is 68.3 Å². The largest absolute Gasteiger partial charge is 0.496 e. The summed E-state index contributed by atoms with van der Waals surface area (Å²) in [6.45, 7) is 7.36. The van der Waals surface area contributed by atoms with E-state index in [0.29, 0.717) is 27.5 Å². The van der Waals surface area contributed by atoms with Crippen LogP contribution < -0.4 is 9.46 Å². The van der Waals surface area contributed by atoms with Crippen molar-refractivity contribution >= 4 is 37.3 Å². The van der Waals surface area contributed by atoms with E-state index in [1.54, 1.807) is 50.5 Å². The Hall–Kier alpha value is -2.12. The van der Waals surface area contributed by atoms with Crippen LogP contribution in [0.15, 0.2) is 29.2 Å². The van der Waals surface area contributed by atoms with E-state index >= 15 is 0 Å². The zero-order valence-electron chi connectivity index (χ0n) is 14.8. The van der Waals surface area contributed by atoms with Crippen LogP contribution in [0.4, 0.5) is 5.69 Å². The molecule has 0 aliphatic heterocycles. The smallest absolute Gasteiger partial charge is 0.262 e. The standard InChI is InChI=1S/C18H20N2O3S2/c1-10-8-16(23-5)11(2)12(3)18(10)25(21,22)20-14-6-7-17-15(9-14)19-13(4)24-17/h6-9,20H,1-5H3. The highest BCUT2D eigenvalue weighted by Gasteiger charge is 2.23. The summed E-state index contributed by atoms with van der Waals surface area (Å²) in [4.78, 5) is 4.71. The van der Waals surface area contributed by atoms with Gasteiger partial charge in [0.15, 0.2) is 0 Å². The number of nitrogens with zero attached hydrogens (tertiary/aromatic N) is 1. The zero-order chi connectivity index (χ0) is 18.4. The molecule has 1 aromatic heterocycles. The first-order valence-electron chi connectivity index (χ1n) is 7.77. The number of sulfonamides is 1. The van der Waals surface area contributed by atoms with Gasteiger partial charge in [-0.1, -0.05) is 0 Å². The monoisotopic (exact) mass is 376 g/mol. The Kier molecular flexibility index (Phi) is 4.47. The van der Waals surface area contributed by atoms with Crippen LogP contribution in [0.2, 0.25) is 0 Å². The van der Waals surface area contributed by atoms with Gasteiger partial charge in [0.05, 0.1) is 32.9 Å². The van der Waals surface area contributed by atoms with Gasteiger partial charge in [-0.2, -0.15) is 0 Å². The van der Waals surface area contributed by atoms with Gasteiger partial charge in [-0.25, -0.2) is 13.4 Å².